The van der Waals surface area contributed by atoms with Crippen LogP contribution in [0.2, 0.25) is 0 Å². The summed E-state index contributed by atoms with van der Waals surface area (Å²) in [5, 5.41) is 10.9. The van der Waals surface area contributed by atoms with Gasteiger partial charge in [0.2, 0.25) is 0 Å². The van der Waals surface area contributed by atoms with E-state index in [0.717, 1.165) is 18.5 Å². The van der Waals surface area contributed by atoms with Gasteiger partial charge in [0.25, 0.3) is 5.91 Å². The van der Waals surface area contributed by atoms with Gasteiger partial charge in [0.05, 0.1) is 12.4 Å². The quantitative estimate of drug-likeness (QED) is 0.796. The van der Waals surface area contributed by atoms with Crippen LogP contribution in [-0.2, 0) is 0 Å². The SMILES string of the molecule is C[C@@H]1CCN(C(=O)c2n[nH]nc2-c2ccccc2)C[C@H]1n1ccnc1. The lowest BCUT2D eigenvalue weighted by Crippen LogP contribution is -2.44. The van der Waals surface area contributed by atoms with Gasteiger partial charge in [0.15, 0.2) is 5.69 Å². The van der Waals surface area contributed by atoms with Crippen LogP contribution >= 0.6 is 0 Å². The van der Waals surface area contributed by atoms with Crippen molar-refractivity contribution >= 4 is 5.91 Å². The maximum atomic E-state index is 13.1. The lowest BCUT2D eigenvalue weighted by atomic mass is 9.93. The highest BCUT2D eigenvalue weighted by molar-refractivity contribution is 5.97. The molecule has 0 bridgehead atoms. The van der Waals surface area contributed by atoms with Crippen LogP contribution in [0.15, 0.2) is 49.1 Å². The Bertz CT molecular complexity index is 842. The number of benzene rings is 1. The summed E-state index contributed by atoms with van der Waals surface area (Å²) in [5.74, 6) is 0.411. The van der Waals surface area contributed by atoms with Crippen molar-refractivity contribution in [1.82, 2.24) is 29.9 Å². The van der Waals surface area contributed by atoms with E-state index in [1.54, 1.807) is 6.20 Å². The number of aromatic amines is 1. The first-order chi connectivity index (χ1) is 12.2. The Balaban J connectivity index is 1.59. The van der Waals surface area contributed by atoms with Crippen molar-refractivity contribution in [3.63, 3.8) is 0 Å². The van der Waals surface area contributed by atoms with E-state index in [-0.39, 0.29) is 11.9 Å². The van der Waals surface area contributed by atoms with Gasteiger partial charge < -0.3 is 9.47 Å². The number of likely N-dealkylation sites (tertiary alicyclic amines) is 1. The molecular weight excluding hydrogens is 316 g/mol. The van der Waals surface area contributed by atoms with Gasteiger partial charge in [-0.2, -0.15) is 15.4 Å². The number of imidazole rings is 1. The van der Waals surface area contributed by atoms with Gasteiger partial charge in [-0.3, -0.25) is 4.79 Å². The number of H-pyrrole nitrogens is 1. The van der Waals surface area contributed by atoms with E-state index in [4.69, 9.17) is 0 Å². The third-order valence-corrected chi connectivity index (χ3v) is 4.91. The molecule has 0 unspecified atom stereocenters. The van der Waals surface area contributed by atoms with Gasteiger partial charge in [0.1, 0.15) is 5.69 Å². The summed E-state index contributed by atoms with van der Waals surface area (Å²) >= 11 is 0. The van der Waals surface area contributed by atoms with Gasteiger partial charge in [-0.1, -0.05) is 37.3 Å². The summed E-state index contributed by atoms with van der Waals surface area (Å²) in [7, 11) is 0. The largest absolute Gasteiger partial charge is 0.335 e. The maximum absolute atomic E-state index is 13.1. The predicted molar refractivity (Wildman–Crippen MR) is 92.8 cm³/mol. The zero-order chi connectivity index (χ0) is 17.2. The molecule has 1 fully saturated rings. The van der Waals surface area contributed by atoms with Crippen LogP contribution in [0.4, 0.5) is 0 Å². The first-order valence-corrected chi connectivity index (χ1v) is 8.47. The summed E-state index contributed by atoms with van der Waals surface area (Å²) < 4.78 is 2.09. The molecule has 0 saturated carbocycles. The van der Waals surface area contributed by atoms with E-state index >= 15 is 0 Å². The molecule has 0 spiro atoms. The van der Waals surface area contributed by atoms with Gasteiger partial charge in [-0.15, -0.1) is 0 Å². The third-order valence-electron chi connectivity index (χ3n) is 4.91. The number of carbonyl (C=O) groups excluding carboxylic acids is 1. The van der Waals surface area contributed by atoms with Crippen LogP contribution in [0.3, 0.4) is 0 Å². The Kier molecular flexibility index (Phi) is 4.05. The van der Waals surface area contributed by atoms with Crippen LogP contribution in [-0.4, -0.2) is 48.9 Å². The normalized spacial score (nSPS) is 20.6. The molecule has 128 valence electrons. The minimum Gasteiger partial charge on any atom is -0.335 e. The topological polar surface area (TPSA) is 79.7 Å². The van der Waals surface area contributed by atoms with Crippen LogP contribution in [0.25, 0.3) is 11.3 Å². The number of nitrogens with one attached hydrogen (secondary N) is 1. The molecule has 0 aliphatic carbocycles. The smallest absolute Gasteiger partial charge is 0.276 e. The lowest BCUT2D eigenvalue weighted by molar-refractivity contribution is 0.0616. The first kappa shape index (κ1) is 15.6. The van der Waals surface area contributed by atoms with Crippen molar-refractivity contribution in [3.8, 4) is 11.3 Å². The number of carbonyl (C=O) groups is 1. The number of hydrogen-bond donors (Lipinski definition) is 1. The number of hydrogen-bond acceptors (Lipinski definition) is 4. The second-order valence-corrected chi connectivity index (χ2v) is 6.48. The average molecular weight is 336 g/mol. The van der Waals surface area contributed by atoms with Crippen molar-refractivity contribution in [1.29, 1.82) is 0 Å². The fourth-order valence-corrected chi connectivity index (χ4v) is 3.41. The highest BCUT2D eigenvalue weighted by Crippen LogP contribution is 2.29. The fourth-order valence-electron chi connectivity index (χ4n) is 3.41. The van der Waals surface area contributed by atoms with E-state index in [1.807, 2.05) is 47.8 Å². The molecule has 4 rings (SSSR count). The molecule has 0 radical (unpaired) electrons. The lowest BCUT2D eigenvalue weighted by Gasteiger charge is -2.37. The van der Waals surface area contributed by atoms with Gasteiger partial charge >= 0.3 is 0 Å². The summed E-state index contributed by atoms with van der Waals surface area (Å²) in [6.45, 7) is 3.60. The standard InChI is InChI=1S/C18H20N6O/c1-13-7-9-23(11-15(13)24-10-8-19-12-24)18(25)17-16(20-22-21-17)14-5-3-2-4-6-14/h2-6,8,10,12-13,15H,7,9,11H2,1H3,(H,20,21,22)/t13-,15-/m1/s1. The molecule has 1 N–H and O–H groups in total. The summed E-state index contributed by atoms with van der Waals surface area (Å²) in [4.78, 5) is 19.1. The molecule has 1 aliphatic rings. The van der Waals surface area contributed by atoms with Gasteiger partial charge in [0, 0.05) is 31.0 Å². The average Bonchev–Trinajstić information content (AvgIpc) is 3.34. The van der Waals surface area contributed by atoms with Crippen LogP contribution in [0.1, 0.15) is 29.9 Å². The summed E-state index contributed by atoms with van der Waals surface area (Å²) in [6, 6.07) is 9.88. The molecule has 1 saturated heterocycles. The highest BCUT2D eigenvalue weighted by Gasteiger charge is 2.32. The van der Waals surface area contributed by atoms with Crippen molar-refractivity contribution in [2.24, 2.45) is 5.92 Å². The molecule has 2 atom stereocenters. The van der Waals surface area contributed by atoms with Crippen LogP contribution < -0.4 is 0 Å². The van der Waals surface area contributed by atoms with Gasteiger partial charge in [-0.25, -0.2) is 4.98 Å². The maximum Gasteiger partial charge on any atom is 0.276 e. The number of rotatable bonds is 3. The van der Waals surface area contributed by atoms with Crippen molar-refractivity contribution in [2.45, 2.75) is 19.4 Å². The molecule has 7 nitrogen and oxygen atoms in total. The molecule has 25 heavy (non-hydrogen) atoms. The Morgan fingerprint density at radius 3 is 2.84 bits per heavy atom. The minimum atomic E-state index is -0.0791. The molecule has 2 aromatic heterocycles. The molecule has 7 heteroatoms. The van der Waals surface area contributed by atoms with Crippen molar-refractivity contribution in [3.05, 3.63) is 54.7 Å². The predicted octanol–water partition coefficient (Wildman–Crippen LogP) is 2.39. The zero-order valence-electron chi connectivity index (χ0n) is 14.0. The van der Waals surface area contributed by atoms with E-state index in [0.29, 0.717) is 23.9 Å². The molecule has 1 aromatic carbocycles. The highest BCUT2D eigenvalue weighted by atomic mass is 16.2. The Hall–Kier alpha value is -2.96. The molecular formula is C18H20N6O. The second-order valence-electron chi connectivity index (χ2n) is 6.48. The van der Waals surface area contributed by atoms with E-state index in [1.165, 1.54) is 0 Å². The summed E-state index contributed by atoms with van der Waals surface area (Å²) in [6.07, 6.45) is 6.51. The first-order valence-electron chi connectivity index (χ1n) is 8.47. The summed E-state index contributed by atoms with van der Waals surface area (Å²) in [5.41, 5.74) is 1.87. The zero-order valence-corrected chi connectivity index (χ0v) is 14.0. The molecule has 1 aliphatic heterocycles. The molecule has 1 amide bonds. The van der Waals surface area contributed by atoms with E-state index in [2.05, 4.69) is 31.9 Å². The second kappa shape index (κ2) is 6.51. The Morgan fingerprint density at radius 2 is 2.08 bits per heavy atom. The van der Waals surface area contributed by atoms with Crippen molar-refractivity contribution < 1.29 is 4.79 Å². The Labute approximate surface area is 145 Å². The number of nitrogens with zero attached hydrogens (tertiary/aromatic N) is 5. The minimum absolute atomic E-state index is 0.0791. The fraction of sp³-hybridized carbons (Fsp3) is 0.333. The van der Waals surface area contributed by atoms with Crippen molar-refractivity contribution in [2.75, 3.05) is 13.1 Å². The number of aromatic nitrogens is 5. The monoisotopic (exact) mass is 336 g/mol. The van der Waals surface area contributed by atoms with Crippen LogP contribution in [0.5, 0.6) is 0 Å². The van der Waals surface area contributed by atoms with Crippen LogP contribution in [0, 0.1) is 5.92 Å². The molecule has 3 aromatic rings. The molecule has 3 heterocycles. The Morgan fingerprint density at radius 1 is 1.24 bits per heavy atom. The number of amides is 1. The van der Waals surface area contributed by atoms with E-state index < -0.39 is 0 Å². The van der Waals surface area contributed by atoms with E-state index in [9.17, 15) is 4.79 Å². The number of piperidine rings is 1. The van der Waals surface area contributed by atoms with Gasteiger partial charge in [-0.05, 0) is 12.3 Å². The third kappa shape index (κ3) is 2.93.